The van der Waals surface area contributed by atoms with Gasteiger partial charge in [0, 0.05) is 31.3 Å². The van der Waals surface area contributed by atoms with E-state index in [2.05, 4.69) is 15.6 Å². The highest BCUT2D eigenvalue weighted by molar-refractivity contribution is 5.79. The molecule has 29 heavy (non-hydrogen) atoms. The van der Waals surface area contributed by atoms with Gasteiger partial charge in [0.15, 0.2) is 12.6 Å². The van der Waals surface area contributed by atoms with Gasteiger partial charge in [-0.25, -0.2) is 4.39 Å². The number of guanidine groups is 1. The number of hydrogen-bond acceptors (Lipinski definition) is 3. The minimum absolute atomic E-state index is 0.149. The lowest BCUT2D eigenvalue weighted by atomic mass is 10.1. The number of aliphatic imine (C=N–C) groups is 1. The van der Waals surface area contributed by atoms with Gasteiger partial charge in [0.05, 0.1) is 6.61 Å². The molecule has 9 heteroatoms. The quantitative estimate of drug-likeness (QED) is 0.370. The Labute approximate surface area is 166 Å². The lowest BCUT2D eigenvalue weighted by Crippen LogP contribution is -2.36. The molecule has 0 saturated carbocycles. The first-order valence-electron chi connectivity index (χ1n) is 8.83. The lowest BCUT2D eigenvalue weighted by molar-refractivity contribution is -0.153. The van der Waals surface area contributed by atoms with E-state index < -0.39 is 25.2 Å². The maximum absolute atomic E-state index is 13.4. The van der Waals surface area contributed by atoms with E-state index in [1.165, 1.54) is 6.07 Å². The second-order valence-electron chi connectivity index (χ2n) is 6.38. The molecule has 0 aliphatic carbocycles. The van der Waals surface area contributed by atoms with Crippen LogP contribution in [-0.2, 0) is 19.7 Å². The van der Waals surface area contributed by atoms with Crippen LogP contribution in [0.25, 0.3) is 0 Å². The minimum Gasteiger partial charge on any atom is -0.484 e. The molecule has 0 spiro atoms. The van der Waals surface area contributed by atoms with Gasteiger partial charge in [0.25, 0.3) is 0 Å². The van der Waals surface area contributed by atoms with E-state index >= 15 is 0 Å². The molecule has 2 aromatic rings. The lowest BCUT2D eigenvalue weighted by Gasteiger charge is -2.16. The molecule has 158 valence electrons. The number of aliphatic hydroxyl groups is 1. The first kappa shape index (κ1) is 22.5. The van der Waals surface area contributed by atoms with E-state index in [-0.39, 0.29) is 17.9 Å². The monoisotopic (exact) mass is 413 g/mol. The number of nitrogens with one attached hydrogen (secondary N) is 2. The standard InChI is InChI=1S/C20H23F4N3O2/c1-13-3-5-15(18(7-13)29-12-20(22,23)24)10-27-19(25-2)26-9-14-4-6-17(21)16(8-14)11-28/h3-8,28H,9-12H2,1-2H3,(H2,25,26,27). The number of aryl methyl sites for hydroxylation is 1. The molecule has 5 nitrogen and oxygen atoms in total. The molecule has 2 rings (SSSR count). The molecule has 0 amide bonds. The van der Waals surface area contributed by atoms with Crippen molar-refractivity contribution in [2.24, 2.45) is 4.99 Å². The average molecular weight is 413 g/mol. The van der Waals surface area contributed by atoms with Crippen molar-refractivity contribution in [1.29, 1.82) is 0 Å². The summed E-state index contributed by atoms with van der Waals surface area (Å²) in [5, 5.41) is 15.2. The maximum Gasteiger partial charge on any atom is 0.422 e. The molecule has 2 aromatic carbocycles. The zero-order valence-electron chi connectivity index (χ0n) is 16.1. The van der Waals surface area contributed by atoms with Crippen molar-refractivity contribution < 1.29 is 27.4 Å². The van der Waals surface area contributed by atoms with E-state index in [1.54, 1.807) is 44.3 Å². The zero-order chi connectivity index (χ0) is 21.4. The largest absolute Gasteiger partial charge is 0.484 e. The number of rotatable bonds is 7. The molecule has 0 fully saturated rings. The molecule has 3 N–H and O–H groups in total. The molecule has 0 heterocycles. The molecule has 0 aliphatic heterocycles. The van der Waals surface area contributed by atoms with Crippen LogP contribution in [0, 0.1) is 12.7 Å². The topological polar surface area (TPSA) is 65.9 Å². The fraction of sp³-hybridized carbons (Fsp3) is 0.350. The minimum atomic E-state index is -4.42. The maximum atomic E-state index is 13.4. The van der Waals surface area contributed by atoms with Gasteiger partial charge in [0.1, 0.15) is 11.6 Å². The van der Waals surface area contributed by atoms with E-state index in [0.29, 0.717) is 18.1 Å². The molecule has 0 radical (unpaired) electrons. The van der Waals surface area contributed by atoms with E-state index in [4.69, 9.17) is 9.84 Å². The predicted octanol–water partition coefficient (Wildman–Crippen LogP) is 3.43. The van der Waals surface area contributed by atoms with Crippen LogP contribution in [0.5, 0.6) is 5.75 Å². The van der Waals surface area contributed by atoms with Crippen LogP contribution in [0.3, 0.4) is 0 Å². The van der Waals surface area contributed by atoms with Gasteiger partial charge in [-0.05, 0) is 36.2 Å². The Morgan fingerprint density at radius 1 is 1.07 bits per heavy atom. The Morgan fingerprint density at radius 2 is 1.79 bits per heavy atom. The summed E-state index contributed by atoms with van der Waals surface area (Å²) in [5.74, 6) is 0.0723. The van der Waals surface area contributed by atoms with Gasteiger partial charge in [0.2, 0.25) is 0 Å². The summed E-state index contributed by atoms with van der Waals surface area (Å²) in [4.78, 5) is 4.06. The fourth-order valence-corrected chi connectivity index (χ4v) is 2.55. The van der Waals surface area contributed by atoms with Crippen LogP contribution in [0.2, 0.25) is 0 Å². The van der Waals surface area contributed by atoms with Crippen LogP contribution in [0.4, 0.5) is 17.6 Å². The smallest absolute Gasteiger partial charge is 0.422 e. The van der Waals surface area contributed by atoms with Crippen molar-refractivity contribution in [3.63, 3.8) is 0 Å². The summed E-state index contributed by atoms with van der Waals surface area (Å²) in [6.07, 6.45) is -4.42. The number of hydrogen-bond donors (Lipinski definition) is 3. The summed E-state index contributed by atoms with van der Waals surface area (Å²) in [7, 11) is 1.55. The van der Waals surface area contributed by atoms with Gasteiger partial charge < -0.3 is 20.5 Å². The van der Waals surface area contributed by atoms with E-state index in [1.807, 2.05) is 0 Å². The zero-order valence-corrected chi connectivity index (χ0v) is 16.1. The number of ether oxygens (including phenoxy) is 1. The van der Waals surface area contributed by atoms with Crippen molar-refractivity contribution in [2.45, 2.75) is 32.8 Å². The Balaban J connectivity index is 1.98. The molecule has 0 aromatic heterocycles. The van der Waals surface area contributed by atoms with Crippen LogP contribution in [-0.4, -0.2) is 30.9 Å². The predicted molar refractivity (Wildman–Crippen MR) is 102 cm³/mol. The summed E-state index contributed by atoms with van der Waals surface area (Å²) >= 11 is 0. The molecular weight excluding hydrogens is 390 g/mol. The first-order valence-corrected chi connectivity index (χ1v) is 8.83. The van der Waals surface area contributed by atoms with Gasteiger partial charge in [-0.3, -0.25) is 4.99 Å². The highest BCUT2D eigenvalue weighted by Crippen LogP contribution is 2.23. The third-order valence-corrected chi connectivity index (χ3v) is 4.02. The van der Waals surface area contributed by atoms with E-state index in [9.17, 15) is 17.6 Å². The average Bonchev–Trinajstić information content (AvgIpc) is 2.68. The fourth-order valence-electron chi connectivity index (χ4n) is 2.55. The summed E-state index contributed by atoms with van der Waals surface area (Å²) in [6.45, 7) is 0.507. The summed E-state index contributed by atoms with van der Waals surface area (Å²) < 4.78 is 55.8. The van der Waals surface area contributed by atoms with Gasteiger partial charge in [-0.1, -0.05) is 18.2 Å². The highest BCUT2D eigenvalue weighted by Gasteiger charge is 2.28. The third-order valence-electron chi connectivity index (χ3n) is 4.02. The van der Waals surface area contributed by atoms with Crippen LogP contribution in [0.15, 0.2) is 41.4 Å². The van der Waals surface area contributed by atoms with E-state index in [0.717, 1.165) is 11.1 Å². The summed E-state index contributed by atoms with van der Waals surface area (Å²) in [6, 6.07) is 9.41. The SMILES string of the molecule is CN=C(NCc1ccc(F)c(CO)c1)NCc1ccc(C)cc1OCC(F)(F)F. The molecule has 0 aliphatic rings. The molecule has 0 bridgehead atoms. The molecular formula is C20H23F4N3O2. The Bertz CT molecular complexity index is 854. The van der Waals surface area contributed by atoms with Gasteiger partial charge in [-0.2, -0.15) is 13.2 Å². The molecule has 0 atom stereocenters. The second kappa shape index (κ2) is 10.1. The second-order valence-corrected chi connectivity index (χ2v) is 6.38. The summed E-state index contributed by atoms with van der Waals surface area (Å²) in [5.41, 5.74) is 2.26. The number of benzene rings is 2. The van der Waals surface area contributed by atoms with Crippen molar-refractivity contribution in [1.82, 2.24) is 10.6 Å². The molecule has 0 saturated heterocycles. The van der Waals surface area contributed by atoms with Crippen LogP contribution in [0.1, 0.15) is 22.3 Å². The van der Waals surface area contributed by atoms with Crippen LogP contribution >= 0.6 is 0 Å². The Kier molecular flexibility index (Phi) is 7.83. The number of alkyl halides is 3. The van der Waals surface area contributed by atoms with Crippen LogP contribution < -0.4 is 15.4 Å². The number of halogens is 4. The Hall–Kier alpha value is -2.81. The third kappa shape index (κ3) is 7.26. The van der Waals surface area contributed by atoms with Crippen molar-refractivity contribution in [3.8, 4) is 5.75 Å². The highest BCUT2D eigenvalue weighted by atomic mass is 19.4. The van der Waals surface area contributed by atoms with Gasteiger partial charge >= 0.3 is 6.18 Å². The van der Waals surface area contributed by atoms with Crippen molar-refractivity contribution >= 4 is 5.96 Å². The van der Waals surface area contributed by atoms with Gasteiger partial charge in [-0.15, -0.1) is 0 Å². The molecule has 0 unspecified atom stereocenters. The normalized spacial score (nSPS) is 12.0. The Morgan fingerprint density at radius 3 is 2.45 bits per heavy atom. The number of aliphatic hydroxyl groups excluding tert-OH is 1. The number of nitrogens with zero attached hydrogens (tertiary/aromatic N) is 1. The first-order chi connectivity index (χ1) is 13.7. The van der Waals surface area contributed by atoms with Crippen molar-refractivity contribution in [3.05, 3.63) is 64.5 Å². The van der Waals surface area contributed by atoms with Crippen molar-refractivity contribution in [2.75, 3.05) is 13.7 Å².